The van der Waals surface area contributed by atoms with Crippen molar-refractivity contribution in [3.8, 4) is 11.4 Å². The Kier molecular flexibility index (Phi) is 3.85. The summed E-state index contributed by atoms with van der Waals surface area (Å²) in [6, 6.07) is 11.4. The van der Waals surface area contributed by atoms with Crippen molar-refractivity contribution in [2.75, 3.05) is 6.61 Å². The van der Waals surface area contributed by atoms with Gasteiger partial charge >= 0.3 is 5.97 Å². The van der Waals surface area contributed by atoms with Gasteiger partial charge < -0.3 is 14.4 Å². The van der Waals surface area contributed by atoms with Gasteiger partial charge in [-0.05, 0) is 41.1 Å². The third-order valence-corrected chi connectivity index (χ3v) is 3.86. The highest BCUT2D eigenvalue weighted by Crippen LogP contribution is 2.34. The van der Waals surface area contributed by atoms with Crippen LogP contribution >= 0.6 is 15.9 Å². The fourth-order valence-corrected chi connectivity index (χ4v) is 2.94. The Morgan fingerprint density at radius 2 is 2.09 bits per heavy atom. The number of benzene rings is 1. The number of fused-ring (bicyclic) bond motifs is 1. The van der Waals surface area contributed by atoms with E-state index in [1.54, 1.807) is 19.2 Å². The molecule has 1 aromatic carbocycles. The Labute approximate surface area is 135 Å². The fraction of sp³-hybridized carbons (Fsp3) is 0.125. The number of esters is 1. The van der Waals surface area contributed by atoms with Gasteiger partial charge in [0.1, 0.15) is 0 Å². The standard InChI is InChI=1S/C16H13BrN2O3/c1-2-22-16(21)14-15(20)11-8-13(17)19(12(11)9-18-14)10-6-4-3-5-7-10/h3-9,20H,2H2,1H3. The van der Waals surface area contributed by atoms with Crippen molar-refractivity contribution < 1.29 is 14.6 Å². The third kappa shape index (κ3) is 2.35. The molecule has 0 aliphatic rings. The predicted molar refractivity (Wildman–Crippen MR) is 86.4 cm³/mol. The molecule has 2 aromatic heterocycles. The van der Waals surface area contributed by atoms with Gasteiger partial charge in [0.05, 0.1) is 22.9 Å². The van der Waals surface area contributed by atoms with Crippen LogP contribution in [-0.4, -0.2) is 27.2 Å². The molecule has 0 saturated carbocycles. The van der Waals surface area contributed by atoms with Crippen LogP contribution in [0.2, 0.25) is 0 Å². The number of aromatic nitrogens is 2. The van der Waals surface area contributed by atoms with Gasteiger partial charge in [0.2, 0.25) is 0 Å². The first-order valence-corrected chi connectivity index (χ1v) is 7.54. The van der Waals surface area contributed by atoms with Crippen LogP contribution < -0.4 is 0 Å². The monoisotopic (exact) mass is 360 g/mol. The van der Waals surface area contributed by atoms with Crippen molar-refractivity contribution in [3.63, 3.8) is 0 Å². The predicted octanol–water partition coefficient (Wildman–Crippen LogP) is 3.67. The summed E-state index contributed by atoms with van der Waals surface area (Å²) in [6.07, 6.45) is 1.55. The zero-order valence-electron chi connectivity index (χ0n) is 11.8. The number of rotatable bonds is 3. The maximum atomic E-state index is 11.8. The van der Waals surface area contributed by atoms with E-state index in [9.17, 15) is 9.90 Å². The van der Waals surface area contributed by atoms with Crippen molar-refractivity contribution >= 4 is 32.8 Å². The average molecular weight is 361 g/mol. The number of halogens is 1. The van der Waals surface area contributed by atoms with E-state index in [0.29, 0.717) is 10.9 Å². The average Bonchev–Trinajstić information content (AvgIpc) is 2.86. The molecule has 0 saturated heterocycles. The van der Waals surface area contributed by atoms with Gasteiger partial charge in [-0.3, -0.25) is 0 Å². The molecule has 0 spiro atoms. The largest absolute Gasteiger partial charge is 0.505 e. The highest BCUT2D eigenvalue weighted by atomic mass is 79.9. The van der Waals surface area contributed by atoms with Gasteiger partial charge in [0.25, 0.3) is 0 Å². The Morgan fingerprint density at radius 1 is 1.36 bits per heavy atom. The number of hydrogen-bond donors (Lipinski definition) is 1. The summed E-state index contributed by atoms with van der Waals surface area (Å²) in [4.78, 5) is 15.9. The molecule has 112 valence electrons. The lowest BCUT2D eigenvalue weighted by Gasteiger charge is -2.08. The minimum Gasteiger partial charge on any atom is -0.505 e. The van der Waals surface area contributed by atoms with E-state index < -0.39 is 5.97 Å². The molecule has 2 heterocycles. The van der Waals surface area contributed by atoms with E-state index in [-0.39, 0.29) is 18.1 Å². The fourth-order valence-electron chi connectivity index (χ4n) is 2.31. The summed E-state index contributed by atoms with van der Waals surface area (Å²) in [5.74, 6) is -0.809. The van der Waals surface area contributed by atoms with Crippen LogP contribution in [0.3, 0.4) is 0 Å². The summed E-state index contributed by atoms with van der Waals surface area (Å²) in [5, 5.41) is 10.9. The zero-order chi connectivity index (χ0) is 15.7. The number of para-hydroxylation sites is 1. The Bertz CT molecular complexity index is 843. The number of nitrogens with zero attached hydrogens (tertiary/aromatic N) is 2. The van der Waals surface area contributed by atoms with Crippen molar-refractivity contribution in [3.05, 3.63) is 52.9 Å². The van der Waals surface area contributed by atoms with Gasteiger partial charge in [0.15, 0.2) is 11.4 Å². The zero-order valence-corrected chi connectivity index (χ0v) is 13.4. The number of pyridine rings is 1. The van der Waals surface area contributed by atoms with E-state index >= 15 is 0 Å². The lowest BCUT2D eigenvalue weighted by Crippen LogP contribution is -2.07. The molecule has 0 aliphatic heterocycles. The number of carbonyl (C=O) groups excluding carboxylic acids is 1. The lowest BCUT2D eigenvalue weighted by molar-refractivity contribution is 0.0516. The molecule has 5 nitrogen and oxygen atoms in total. The van der Waals surface area contributed by atoms with E-state index in [0.717, 1.165) is 10.3 Å². The van der Waals surface area contributed by atoms with Crippen LogP contribution in [0.1, 0.15) is 17.4 Å². The van der Waals surface area contributed by atoms with Gasteiger partial charge in [-0.1, -0.05) is 18.2 Å². The Morgan fingerprint density at radius 3 is 2.77 bits per heavy atom. The van der Waals surface area contributed by atoms with Crippen molar-refractivity contribution in [1.29, 1.82) is 0 Å². The first-order chi connectivity index (χ1) is 10.6. The van der Waals surface area contributed by atoms with E-state index in [1.165, 1.54) is 0 Å². The summed E-state index contributed by atoms with van der Waals surface area (Å²) in [5.41, 5.74) is 1.55. The number of carbonyl (C=O) groups is 1. The molecule has 3 aromatic rings. The number of aromatic hydroxyl groups is 1. The SMILES string of the molecule is CCOC(=O)c1ncc2c(cc(Br)n2-c2ccccc2)c1O. The summed E-state index contributed by atoms with van der Waals surface area (Å²) in [7, 11) is 0. The molecular formula is C16H13BrN2O3. The quantitative estimate of drug-likeness (QED) is 0.723. The normalized spacial score (nSPS) is 10.8. The molecule has 0 fully saturated rings. The van der Waals surface area contributed by atoms with Crippen molar-refractivity contribution in [2.24, 2.45) is 0 Å². The molecular weight excluding hydrogens is 348 g/mol. The molecule has 3 rings (SSSR count). The summed E-state index contributed by atoms with van der Waals surface area (Å²) < 4.78 is 7.56. The molecule has 0 bridgehead atoms. The second kappa shape index (κ2) is 5.81. The number of ether oxygens (including phenoxy) is 1. The molecule has 0 unspecified atom stereocenters. The second-order valence-electron chi connectivity index (χ2n) is 4.61. The molecule has 0 aliphatic carbocycles. The van der Waals surface area contributed by atoms with Crippen LogP contribution in [0.15, 0.2) is 47.2 Å². The first-order valence-electron chi connectivity index (χ1n) is 6.75. The van der Waals surface area contributed by atoms with Crippen LogP contribution in [0.4, 0.5) is 0 Å². The molecule has 0 amide bonds. The molecule has 1 N–H and O–H groups in total. The molecule has 0 radical (unpaired) electrons. The smallest absolute Gasteiger partial charge is 0.360 e. The third-order valence-electron chi connectivity index (χ3n) is 3.27. The van der Waals surface area contributed by atoms with Gasteiger partial charge in [-0.2, -0.15) is 0 Å². The van der Waals surface area contributed by atoms with E-state index in [1.807, 2.05) is 34.9 Å². The molecule has 22 heavy (non-hydrogen) atoms. The van der Waals surface area contributed by atoms with Crippen LogP contribution in [-0.2, 0) is 4.74 Å². The topological polar surface area (TPSA) is 64.3 Å². The Hall–Kier alpha value is -2.34. The van der Waals surface area contributed by atoms with E-state index in [2.05, 4.69) is 20.9 Å². The lowest BCUT2D eigenvalue weighted by atomic mass is 10.2. The van der Waals surface area contributed by atoms with Gasteiger partial charge in [-0.25, -0.2) is 9.78 Å². The van der Waals surface area contributed by atoms with Crippen LogP contribution in [0.25, 0.3) is 16.6 Å². The van der Waals surface area contributed by atoms with Crippen LogP contribution in [0.5, 0.6) is 5.75 Å². The van der Waals surface area contributed by atoms with Crippen LogP contribution in [0, 0.1) is 0 Å². The van der Waals surface area contributed by atoms with Gasteiger partial charge in [-0.15, -0.1) is 0 Å². The summed E-state index contributed by atoms with van der Waals surface area (Å²) in [6.45, 7) is 1.93. The molecule has 6 heteroatoms. The minimum absolute atomic E-state index is 0.0768. The second-order valence-corrected chi connectivity index (χ2v) is 5.43. The Balaban J connectivity index is 2.21. The molecule has 0 atom stereocenters. The van der Waals surface area contributed by atoms with Gasteiger partial charge in [0, 0.05) is 11.1 Å². The first kappa shape index (κ1) is 14.6. The maximum Gasteiger partial charge on any atom is 0.360 e. The number of hydrogen-bond acceptors (Lipinski definition) is 4. The van der Waals surface area contributed by atoms with E-state index in [4.69, 9.17) is 4.74 Å². The summed E-state index contributed by atoms with van der Waals surface area (Å²) >= 11 is 3.48. The van der Waals surface area contributed by atoms with Crippen molar-refractivity contribution in [2.45, 2.75) is 6.92 Å². The van der Waals surface area contributed by atoms with Crippen molar-refractivity contribution in [1.82, 2.24) is 9.55 Å². The highest BCUT2D eigenvalue weighted by Gasteiger charge is 2.20. The highest BCUT2D eigenvalue weighted by molar-refractivity contribution is 9.10. The maximum absolute atomic E-state index is 11.8. The minimum atomic E-state index is -0.634.